The molecule has 88 valence electrons. The van der Waals surface area contributed by atoms with Gasteiger partial charge in [0, 0.05) is 0 Å². The number of carbonyl (C=O) groups excluding carboxylic acids is 1. The lowest BCUT2D eigenvalue weighted by Crippen LogP contribution is -1.93. The van der Waals surface area contributed by atoms with E-state index in [4.69, 9.17) is 4.79 Å². The number of benzene rings is 1. The van der Waals surface area contributed by atoms with E-state index in [2.05, 4.69) is 27.7 Å². The maximum absolute atomic E-state index is 8.00. The third-order valence-electron chi connectivity index (χ3n) is 0.667. The van der Waals surface area contributed by atoms with E-state index in [1.807, 2.05) is 57.0 Å². The lowest BCUT2D eigenvalue weighted by Gasteiger charge is -2.05. The molecule has 0 aliphatic rings. The SMILES string of the molecule is C=O.CC.CC(C)(C)C.c1ccccc1. The Morgan fingerprint density at radius 1 is 0.667 bits per heavy atom. The van der Waals surface area contributed by atoms with Crippen molar-refractivity contribution >= 4 is 6.79 Å². The van der Waals surface area contributed by atoms with Crippen LogP contribution in [0.1, 0.15) is 41.5 Å². The maximum Gasteiger partial charge on any atom is 0.106 e. The van der Waals surface area contributed by atoms with Gasteiger partial charge in [-0.05, 0) is 5.41 Å². The fourth-order valence-corrected chi connectivity index (χ4v) is 0.385. The molecule has 0 spiro atoms. The highest BCUT2D eigenvalue weighted by Crippen LogP contribution is 2.08. The van der Waals surface area contributed by atoms with Crippen LogP contribution >= 0.6 is 0 Å². The summed E-state index contributed by atoms with van der Waals surface area (Å²) in [6.45, 7) is 14.8. The summed E-state index contributed by atoms with van der Waals surface area (Å²) in [6.07, 6.45) is 0. The normalized spacial score (nSPS) is 7.87. The van der Waals surface area contributed by atoms with Gasteiger partial charge in [0.15, 0.2) is 0 Å². The molecular formula is C14H26O. The zero-order valence-corrected chi connectivity index (χ0v) is 11.1. The number of hydrogen-bond donors (Lipinski definition) is 0. The van der Waals surface area contributed by atoms with Crippen LogP contribution in [-0.4, -0.2) is 6.79 Å². The van der Waals surface area contributed by atoms with E-state index >= 15 is 0 Å². The van der Waals surface area contributed by atoms with E-state index in [1.54, 1.807) is 0 Å². The average Bonchev–Trinajstić information content (AvgIpc) is 2.24. The van der Waals surface area contributed by atoms with Gasteiger partial charge in [-0.15, -0.1) is 0 Å². The molecule has 0 atom stereocenters. The topological polar surface area (TPSA) is 17.1 Å². The molecule has 15 heavy (non-hydrogen) atoms. The second kappa shape index (κ2) is 15.4. The Kier molecular flexibility index (Phi) is 19.9. The summed E-state index contributed by atoms with van der Waals surface area (Å²) < 4.78 is 0. The van der Waals surface area contributed by atoms with Crippen LogP contribution in [0.3, 0.4) is 0 Å². The molecule has 1 aromatic rings. The average molecular weight is 210 g/mol. The molecule has 0 bridgehead atoms. The Bertz CT molecular complexity index is 142. The van der Waals surface area contributed by atoms with Crippen LogP contribution in [0, 0.1) is 5.41 Å². The molecule has 1 nitrogen and oxygen atoms in total. The van der Waals surface area contributed by atoms with Crippen molar-refractivity contribution in [2.24, 2.45) is 5.41 Å². The molecule has 0 aliphatic carbocycles. The molecule has 0 aliphatic heterocycles. The highest BCUT2D eigenvalue weighted by molar-refractivity contribution is 5.11. The molecule has 0 amide bonds. The highest BCUT2D eigenvalue weighted by Gasteiger charge is 1.95. The minimum atomic E-state index is 0.500. The Morgan fingerprint density at radius 2 is 0.733 bits per heavy atom. The number of hydrogen-bond acceptors (Lipinski definition) is 1. The molecule has 0 aromatic heterocycles. The molecular weight excluding hydrogens is 184 g/mol. The fourth-order valence-electron chi connectivity index (χ4n) is 0.385. The molecule has 0 saturated carbocycles. The van der Waals surface area contributed by atoms with Gasteiger partial charge < -0.3 is 4.79 Å². The standard InChI is InChI=1S/C6H6.C5H12.C2H6.CH2O/c1-2-4-6-5-3-1;1-5(2,3)4;2*1-2/h1-6H;1-4H3;1-2H3;1H2. The molecule has 1 rings (SSSR count). The van der Waals surface area contributed by atoms with Gasteiger partial charge in [-0.2, -0.15) is 0 Å². The van der Waals surface area contributed by atoms with E-state index < -0.39 is 0 Å². The van der Waals surface area contributed by atoms with Crippen molar-refractivity contribution < 1.29 is 4.79 Å². The monoisotopic (exact) mass is 210 g/mol. The van der Waals surface area contributed by atoms with Crippen LogP contribution in [0.5, 0.6) is 0 Å². The third-order valence-corrected chi connectivity index (χ3v) is 0.667. The first-order valence-corrected chi connectivity index (χ1v) is 5.29. The summed E-state index contributed by atoms with van der Waals surface area (Å²) in [5, 5.41) is 0. The zero-order chi connectivity index (χ0) is 12.7. The number of rotatable bonds is 0. The maximum atomic E-state index is 8.00. The van der Waals surface area contributed by atoms with Gasteiger partial charge in [-0.3, -0.25) is 0 Å². The van der Waals surface area contributed by atoms with Crippen LogP contribution in [0.25, 0.3) is 0 Å². The second-order valence-electron chi connectivity index (χ2n) is 4.15. The van der Waals surface area contributed by atoms with Crippen LogP contribution in [0.4, 0.5) is 0 Å². The van der Waals surface area contributed by atoms with Gasteiger partial charge in [0.1, 0.15) is 6.79 Å². The van der Waals surface area contributed by atoms with Crippen molar-refractivity contribution in [3.05, 3.63) is 36.4 Å². The van der Waals surface area contributed by atoms with Crippen molar-refractivity contribution in [2.45, 2.75) is 41.5 Å². The first kappa shape index (κ1) is 19.5. The minimum Gasteiger partial charge on any atom is -0.307 e. The van der Waals surface area contributed by atoms with Gasteiger partial charge in [0.2, 0.25) is 0 Å². The first-order chi connectivity index (χ1) is 7.00. The Hall–Kier alpha value is -1.11. The van der Waals surface area contributed by atoms with Crippen LogP contribution in [0.2, 0.25) is 0 Å². The smallest absolute Gasteiger partial charge is 0.106 e. The third kappa shape index (κ3) is 63.9. The Morgan fingerprint density at radius 3 is 0.800 bits per heavy atom. The molecule has 0 N–H and O–H groups in total. The zero-order valence-electron chi connectivity index (χ0n) is 11.1. The largest absolute Gasteiger partial charge is 0.307 e. The van der Waals surface area contributed by atoms with Gasteiger partial charge >= 0.3 is 0 Å². The van der Waals surface area contributed by atoms with Crippen molar-refractivity contribution in [3.8, 4) is 0 Å². The predicted molar refractivity (Wildman–Crippen MR) is 70.0 cm³/mol. The molecule has 0 saturated heterocycles. The minimum absolute atomic E-state index is 0.500. The van der Waals surface area contributed by atoms with E-state index in [0.717, 1.165) is 0 Å². The quantitative estimate of drug-likeness (QED) is 0.612. The van der Waals surface area contributed by atoms with Crippen LogP contribution in [-0.2, 0) is 4.79 Å². The molecule has 0 heterocycles. The van der Waals surface area contributed by atoms with Crippen molar-refractivity contribution in [3.63, 3.8) is 0 Å². The molecule has 0 unspecified atom stereocenters. The molecule has 1 heteroatoms. The van der Waals surface area contributed by atoms with Crippen LogP contribution in [0.15, 0.2) is 36.4 Å². The lowest BCUT2D eigenvalue weighted by atomic mass is 10.0. The summed E-state index contributed by atoms with van der Waals surface area (Å²) in [5.41, 5.74) is 0.500. The lowest BCUT2D eigenvalue weighted by molar-refractivity contribution is -0.0979. The van der Waals surface area contributed by atoms with Gasteiger partial charge in [0.25, 0.3) is 0 Å². The number of carbonyl (C=O) groups is 1. The highest BCUT2D eigenvalue weighted by atomic mass is 16.1. The van der Waals surface area contributed by atoms with Gasteiger partial charge in [-0.1, -0.05) is 77.9 Å². The summed E-state index contributed by atoms with van der Waals surface area (Å²) in [5.74, 6) is 0. The first-order valence-electron chi connectivity index (χ1n) is 5.29. The van der Waals surface area contributed by atoms with E-state index in [-0.39, 0.29) is 0 Å². The predicted octanol–water partition coefficient (Wildman–Crippen LogP) is 4.58. The van der Waals surface area contributed by atoms with E-state index in [9.17, 15) is 0 Å². The molecule has 0 fully saturated rings. The summed E-state index contributed by atoms with van der Waals surface area (Å²) in [4.78, 5) is 8.00. The summed E-state index contributed by atoms with van der Waals surface area (Å²) >= 11 is 0. The van der Waals surface area contributed by atoms with Gasteiger partial charge in [0.05, 0.1) is 0 Å². The second-order valence-corrected chi connectivity index (χ2v) is 4.15. The molecule has 1 aromatic carbocycles. The van der Waals surface area contributed by atoms with E-state index in [1.165, 1.54) is 0 Å². The van der Waals surface area contributed by atoms with Gasteiger partial charge in [-0.25, -0.2) is 0 Å². The van der Waals surface area contributed by atoms with Crippen LogP contribution < -0.4 is 0 Å². The van der Waals surface area contributed by atoms with Crippen molar-refractivity contribution in [2.75, 3.05) is 0 Å². The van der Waals surface area contributed by atoms with E-state index in [0.29, 0.717) is 5.41 Å². The molecule has 0 radical (unpaired) electrons. The summed E-state index contributed by atoms with van der Waals surface area (Å²) in [6, 6.07) is 12.0. The summed E-state index contributed by atoms with van der Waals surface area (Å²) in [7, 11) is 0. The van der Waals surface area contributed by atoms with Crippen molar-refractivity contribution in [1.29, 1.82) is 0 Å². The Balaban J connectivity index is -0.000000146. The Labute approximate surface area is 95.5 Å². The van der Waals surface area contributed by atoms with Crippen molar-refractivity contribution in [1.82, 2.24) is 0 Å². The fraction of sp³-hybridized carbons (Fsp3) is 0.500.